The average Bonchev–Trinajstić information content (AvgIpc) is 3.56. The smallest absolute Gasteiger partial charge is 0.265 e. The first kappa shape index (κ1) is 22.1. The molecule has 4 heterocycles. The molecule has 8 nitrogen and oxygen atoms in total. The zero-order valence-electron chi connectivity index (χ0n) is 20.0. The first-order valence-corrected chi connectivity index (χ1v) is 12.1. The average molecular weight is 474 g/mol. The van der Waals surface area contributed by atoms with Gasteiger partial charge in [-0.05, 0) is 52.8 Å². The molecule has 0 radical (unpaired) electrons. The van der Waals surface area contributed by atoms with Gasteiger partial charge < -0.3 is 5.32 Å². The van der Waals surface area contributed by atoms with Crippen LogP contribution in [0.3, 0.4) is 0 Å². The fourth-order valence-electron chi connectivity index (χ4n) is 4.15. The lowest BCUT2D eigenvalue weighted by molar-refractivity contribution is 0.103. The highest BCUT2D eigenvalue weighted by atomic mass is 32.1. The fraction of sp³-hybridized carbons (Fsp3) is 0.280. The molecule has 0 saturated heterocycles. The molecule has 4 aromatic heterocycles. The maximum Gasteiger partial charge on any atom is 0.265 e. The highest BCUT2D eigenvalue weighted by molar-refractivity contribution is 7.20. The summed E-state index contributed by atoms with van der Waals surface area (Å²) in [6.45, 7) is 11.4. The Morgan fingerprint density at radius 3 is 2.47 bits per heavy atom. The quantitative estimate of drug-likeness (QED) is 0.375. The number of anilines is 1. The molecule has 1 aromatic carbocycles. The summed E-state index contributed by atoms with van der Waals surface area (Å²) >= 11 is 1.45. The molecule has 0 bridgehead atoms. The summed E-state index contributed by atoms with van der Waals surface area (Å²) in [5, 5.41) is 18.0. The molecular weight excluding hydrogens is 446 g/mol. The second kappa shape index (κ2) is 8.57. The first-order chi connectivity index (χ1) is 16.4. The van der Waals surface area contributed by atoms with Crippen LogP contribution in [0.15, 0.2) is 42.6 Å². The van der Waals surface area contributed by atoms with Crippen LogP contribution in [0.4, 0.5) is 5.69 Å². The highest BCUT2D eigenvalue weighted by Crippen LogP contribution is 2.31. The van der Waals surface area contributed by atoms with Gasteiger partial charge in [0.15, 0.2) is 0 Å². The largest absolute Gasteiger partial charge is 0.318 e. The molecule has 174 valence electrons. The maximum atomic E-state index is 13.2. The van der Waals surface area contributed by atoms with Gasteiger partial charge in [0.1, 0.15) is 4.83 Å². The van der Waals surface area contributed by atoms with Crippen LogP contribution in [-0.2, 0) is 13.1 Å². The number of aryl methyl sites for hydroxylation is 4. The van der Waals surface area contributed by atoms with Crippen molar-refractivity contribution in [2.45, 2.75) is 47.7 Å². The van der Waals surface area contributed by atoms with Crippen LogP contribution in [0.2, 0.25) is 0 Å². The van der Waals surface area contributed by atoms with Crippen molar-refractivity contribution in [3.05, 3.63) is 75.8 Å². The van der Waals surface area contributed by atoms with Gasteiger partial charge in [0.2, 0.25) is 0 Å². The number of para-hydroxylation sites is 1. The van der Waals surface area contributed by atoms with Crippen molar-refractivity contribution in [2.75, 3.05) is 5.32 Å². The first-order valence-electron chi connectivity index (χ1n) is 11.3. The number of hydrogen-bond donors (Lipinski definition) is 1. The van der Waals surface area contributed by atoms with E-state index in [0.29, 0.717) is 11.4 Å². The molecule has 0 spiro atoms. The van der Waals surface area contributed by atoms with E-state index in [4.69, 9.17) is 0 Å². The Balaban J connectivity index is 1.42. The van der Waals surface area contributed by atoms with Gasteiger partial charge in [-0.1, -0.05) is 18.2 Å². The van der Waals surface area contributed by atoms with Gasteiger partial charge in [0.25, 0.3) is 5.91 Å². The number of hydrogen-bond acceptors (Lipinski definition) is 5. The van der Waals surface area contributed by atoms with Crippen molar-refractivity contribution < 1.29 is 4.79 Å². The molecule has 1 amide bonds. The normalized spacial score (nSPS) is 11.4. The highest BCUT2D eigenvalue weighted by Gasteiger charge is 2.20. The summed E-state index contributed by atoms with van der Waals surface area (Å²) in [5.41, 5.74) is 6.45. The monoisotopic (exact) mass is 473 g/mol. The van der Waals surface area contributed by atoms with Crippen molar-refractivity contribution in [1.29, 1.82) is 0 Å². The van der Waals surface area contributed by atoms with Crippen molar-refractivity contribution in [1.82, 2.24) is 29.3 Å². The van der Waals surface area contributed by atoms with E-state index in [1.54, 1.807) is 0 Å². The Labute approximate surface area is 201 Å². The van der Waals surface area contributed by atoms with Gasteiger partial charge in [0.05, 0.1) is 45.6 Å². The lowest BCUT2D eigenvalue weighted by Crippen LogP contribution is -2.12. The molecule has 0 saturated carbocycles. The minimum absolute atomic E-state index is 0.138. The number of nitrogens with one attached hydrogen (secondary N) is 1. The standard InChI is InChI=1S/C25H27N7OS/c1-6-30-13-19(15(2)27-30)14-31-18(5)23(17(4)28-31)26-24(33)22-12-21-16(3)29-32(25(21)34-22)20-10-8-7-9-11-20/h7-13H,6,14H2,1-5H3,(H,26,33). The van der Waals surface area contributed by atoms with Crippen molar-refractivity contribution >= 4 is 33.1 Å². The Morgan fingerprint density at radius 1 is 1.00 bits per heavy atom. The molecule has 0 fully saturated rings. The van der Waals surface area contributed by atoms with Crippen molar-refractivity contribution in [3.8, 4) is 5.69 Å². The lowest BCUT2D eigenvalue weighted by atomic mass is 10.2. The third-order valence-corrected chi connectivity index (χ3v) is 7.19. The fourth-order valence-corrected chi connectivity index (χ4v) is 5.23. The number of amides is 1. The van der Waals surface area contributed by atoms with Crippen LogP contribution < -0.4 is 5.32 Å². The second-order valence-electron chi connectivity index (χ2n) is 8.42. The topological polar surface area (TPSA) is 82.6 Å². The number of thiophene rings is 1. The Morgan fingerprint density at radius 2 is 1.76 bits per heavy atom. The second-order valence-corrected chi connectivity index (χ2v) is 9.45. The van der Waals surface area contributed by atoms with Crippen molar-refractivity contribution in [3.63, 3.8) is 0 Å². The third-order valence-electron chi connectivity index (χ3n) is 6.08. The summed E-state index contributed by atoms with van der Waals surface area (Å²) in [7, 11) is 0. The summed E-state index contributed by atoms with van der Waals surface area (Å²) in [6.07, 6.45) is 2.06. The number of benzene rings is 1. The van der Waals surface area contributed by atoms with E-state index >= 15 is 0 Å². The van der Waals surface area contributed by atoms with Gasteiger partial charge in [-0.2, -0.15) is 15.3 Å². The van der Waals surface area contributed by atoms with Gasteiger partial charge in [-0.25, -0.2) is 4.68 Å². The summed E-state index contributed by atoms with van der Waals surface area (Å²) < 4.78 is 5.76. The molecule has 0 unspecified atom stereocenters. The van der Waals surface area contributed by atoms with Gasteiger partial charge in [-0.15, -0.1) is 11.3 Å². The Kier molecular flexibility index (Phi) is 5.57. The number of rotatable bonds is 6. The van der Waals surface area contributed by atoms with Gasteiger partial charge in [-0.3, -0.25) is 14.2 Å². The van der Waals surface area contributed by atoms with Gasteiger partial charge in [0, 0.05) is 23.7 Å². The number of nitrogens with zero attached hydrogens (tertiary/aromatic N) is 6. The number of carbonyl (C=O) groups is 1. The Hall–Kier alpha value is -3.72. The Bertz CT molecular complexity index is 1500. The summed E-state index contributed by atoms with van der Waals surface area (Å²) in [4.78, 5) is 14.8. The predicted octanol–water partition coefficient (Wildman–Crippen LogP) is 5.03. The molecule has 1 N–H and O–H groups in total. The molecule has 5 aromatic rings. The number of carbonyl (C=O) groups excluding carboxylic acids is 1. The van der Waals surface area contributed by atoms with E-state index in [1.165, 1.54) is 11.3 Å². The third kappa shape index (κ3) is 3.81. The minimum atomic E-state index is -0.138. The van der Waals surface area contributed by atoms with E-state index < -0.39 is 0 Å². The molecule has 0 aliphatic heterocycles. The van der Waals surface area contributed by atoms with Gasteiger partial charge >= 0.3 is 0 Å². The number of aromatic nitrogens is 6. The summed E-state index contributed by atoms with van der Waals surface area (Å²) in [5.74, 6) is -0.138. The van der Waals surface area contributed by atoms with E-state index in [2.05, 4.69) is 33.7 Å². The molecule has 5 rings (SSSR count). The molecule has 34 heavy (non-hydrogen) atoms. The molecule has 0 atom stereocenters. The molecular formula is C25H27N7OS. The zero-order valence-corrected chi connectivity index (χ0v) is 20.8. The van der Waals surface area contributed by atoms with E-state index in [1.807, 2.05) is 78.1 Å². The zero-order chi connectivity index (χ0) is 24.0. The molecule has 9 heteroatoms. The minimum Gasteiger partial charge on any atom is -0.318 e. The predicted molar refractivity (Wildman–Crippen MR) is 135 cm³/mol. The lowest BCUT2D eigenvalue weighted by Gasteiger charge is -2.06. The molecule has 0 aliphatic rings. The van der Waals surface area contributed by atoms with Crippen LogP contribution in [0, 0.1) is 27.7 Å². The van der Waals surface area contributed by atoms with E-state index in [0.717, 1.165) is 56.5 Å². The van der Waals surface area contributed by atoms with E-state index in [9.17, 15) is 4.79 Å². The van der Waals surface area contributed by atoms with Crippen LogP contribution in [0.25, 0.3) is 15.9 Å². The van der Waals surface area contributed by atoms with E-state index in [-0.39, 0.29) is 5.91 Å². The number of fused-ring (bicyclic) bond motifs is 1. The van der Waals surface area contributed by atoms with Crippen LogP contribution in [-0.4, -0.2) is 35.2 Å². The van der Waals surface area contributed by atoms with Crippen molar-refractivity contribution in [2.24, 2.45) is 0 Å². The maximum absolute atomic E-state index is 13.2. The van der Waals surface area contributed by atoms with Crippen LogP contribution >= 0.6 is 11.3 Å². The van der Waals surface area contributed by atoms with Crippen LogP contribution in [0.5, 0.6) is 0 Å². The summed E-state index contributed by atoms with van der Waals surface area (Å²) in [6, 6.07) is 11.9. The molecule has 0 aliphatic carbocycles. The SMILES string of the molecule is CCn1cc(Cn2nc(C)c(NC(=O)c3cc4c(C)nn(-c5ccccc5)c4s3)c2C)c(C)n1. The van der Waals surface area contributed by atoms with Crippen LogP contribution in [0.1, 0.15) is 44.9 Å².